The Kier molecular flexibility index (Phi) is 7.45. The van der Waals surface area contributed by atoms with Gasteiger partial charge in [-0.2, -0.15) is 0 Å². The number of piperidine rings is 1. The first-order chi connectivity index (χ1) is 15.3. The van der Waals surface area contributed by atoms with E-state index in [2.05, 4.69) is 24.5 Å². The molecule has 1 saturated heterocycles. The predicted octanol–water partition coefficient (Wildman–Crippen LogP) is 2.12. The van der Waals surface area contributed by atoms with E-state index in [-0.39, 0.29) is 22.9 Å². The molecule has 2 N–H and O–H groups in total. The number of rotatable bonds is 5. The van der Waals surface area contributed by atoms with Gasteiger partial charge in [0.05, 0.1) is 0 Å². The molecule has 0 saturated carbocycles. The van der Waals surface area contributed by atoms with Gasteiger partial charge in [-0.1, -0.05) is 26.0 Å². The van der Waals surface area contributed by atoms with Crippen LogP contribution < -0.4 is 16.2 Å². The van der Waals surface area contributed by atoms with Gasteiger partial charge in [0, 0.05) is 38.6 Å². The van der Waals surface area contributed by atoms with Crippen LogP contribution in [0.4, 0.5) is 5.69 Å². The van der Waals surface area contributed by atoms with Crippen molar-refractivity contribution in [2.45, 2.75) is 32.6 Å². The van der Waals surface area contributed by atoms with Crippen molar-refractivity contribution in [1.29, 1.82) is 0 Å². The number of nitrogens with one attached hydrogen (secondary N) is 2. The Morgan fingerprint density at radius 2 is 1.69 bits per heavy atom. The smallest absolute Gasteiger partial charge is 0.313 e. The standard InChI is InChI=1S/C24H30N4O4/c1-16(2)18-6-8-19(9-7-18)26-22(30)21(29)25-15-17-10-13-28(14-11-17)24(32)20-5-4-12-27(3)23(20)31/h4-9,12,16-17H,10-11,13-15H2,1-3H3,(H,25,29)(H,26,30). The van der Waals surface area contributed by atoms with Gasteiger partial charge in [-0.25, -0.2) is 0 Å². The lowest BCUT2D eigenvalue weighted by molar-refractivity contribution is -0.136. The van der Waals surface area contributed by atoms with E-state index >= 15 is 0 Å². The number of hydrogen-bond donors (Lipinski definition) is 2. The van der Waals surface area contributed by atoms with Gasteiger partial charge in [0.15, 0.2) is 0 Å². The van der Waals surface area contributed by atoms with E-state index in [9.17, 15) is 19.2 Å². The third-order valence-electron chi connectivity index (χ3n) is 5.85. The zero-order valence-corrected chi connectivity index (χ0v) is 18.8. The number of benzene rings is 1. The summed E-state index contributed by atoms with van der Waals surface area (Å²) in [5, 5.41) is 5.30. The van der Waals surface area contributed by atoms with E-state index in [0.717, 1.165) is 5.56 Å². The second-order valence-corrected chi connectivity index (χ2v) is 8.51. The van der Waals surface area contributed by atoms with Crippen molar-refractivity contribution in [2.75, 3.05) is 25.0 Å². The average Bonchev–Trinajstić information content (AvgIpc) is 2.79. The van der Waals surface area contributed by atoms with E-state index in [1.807, 2.05) is 12.1 Å². The molecule has 0 spiro atoms. The maximum absolute atomic E-state index is 12.7. The molecule has 170 valence electrons. The van der Waals surface area contributed by atoms with Crippen molar-refractivity contribution < 1.29 is 14.4 Å². The van der Waals surface area contributed by atoms with Crippen molar-refractivity contribution >= 4 is 23.4 Å². The van der Waals surface area contributed by atoms with Crippen LogP contribution in [-0.4, -0.2) is 46.8 Å². The topological polar surface area (TPSA) is 101 Å². The molecular formula is C24H30N4O4. The van der Waals surface area contributed by atoms with Gasteiger partial charge in [-0.3, -0.25) is 19.2 Å². The van der Waals surface area contributed by atoms with Gasteiger partial charge in [0.25, 0.3) is 11.5 Å². The summed E-state index contributed by atoms with van der Waals surface area (Å²) in [4.78, 5) is 50.8. The minimum atomic E-state index is -0.699. The molecule has 0 unspecified atom stereocenters. The molecule has 0 atom stereocenters. The molecule has 3 amide bonds. The highest BCUT2D eigenvalue weighted by molar-refractivity contribution is 6.39. The van der Waals surface area contributed by atoms with Gasteiger partial charge >= 0.3 is 11.8 Å². The molecule has 0 radical (unpaired) electrons. The largest absolute Gasteiger partial charge is 0.348 e. The Labute approximate surface area is 187 Å². The third kappa shape index (κ3) is 5.63. The van der Waals surface area contributed by atoms with Crippen molar-refractivity contribution in [2.24, 2.45) is 13.0 Å². The fourth-order valence-electron chi connectivity index (χ4n) is 3.73. The fraction of sp³-hybridized carbons (Fsp3) is 0.417. The van der Waals surface area contributed by atoms with E-state index in [0.29, 0.717) is 44.1 Å². The first-order valence-electron chi connectivity index (χ1n) is 10.9. The zero-order chi connectivity index (χ0) is 23.3. The van der Waals surface area contributed by atoms with Crippen LogP contribution in [-0.2, 0) is 16.6 Å². The maximum Gasteiger partial charge on any atom is 0.313 e. The molecule has 0 aliphatic carbocycles. The highest BCUT2D eigenvalue weighted by Crippen LogP contribution is 2.19. The van der Waals surface area contributed by atoms with E-state index in [1.165, 1.54) is 4.57 Å². The van der Waals surface area contributed by atoms with Crippen LogP contribution in [0.1, 0.15) is 48.5 Å². The summed E-state index contributed by atoms with van der Waals surface area (Å²) in [6, 6.07) is 10.7. The predicted molar refractivity (Wildman–Crippen MR) is 122 cm³/mol. The molecule has 1 aromatic heterocycles. The molecule has 0 bridgehead atoms. The second kappa shape index (κ2) is 10.3. The summed E-state index contributed by atoms with van der Waals surface area (Å²) in [7, 11) is 1.62. The van der Waals surface area contributed by atoms with Crippen LogP contribution in [0.3, 0.4) is 0 Å². The SMILES string of the molecule is CC(C)c1ccc(NC(=O)C(=O)NCC2CCN(C(=O)c3cccn(C)c3=O)CC2)cc1. The number of nitrogens with zero attached hydrogens (tertiary/aromatic N) is 2. The minimum absolute atomic E-state index is 0.166. The molecule has 2 heterocycles. The van der Waals surface area contributed by atoms with E-state index in [1.54, 1.807) is 42.4 Å². The number of aryl methyl sites for hydroxylation is 1. The lowest BCUT2D eigenvalue weighted by atomic mass is 9.96. The van der Waals surface area contributed by atoms with Gasteiger partial charge in [0.1, 0.15) is 5.56 Å². The lowest BCUT2D eigenvalue weighted by Gasteiger charge is -2.32. The molecule has 1 fully saturated rings. The first kappa shape index (κ1) is 23.2. The second-order valence-electron chi connectivity index (χ2n) is 8.51. The summed E-state index contributed by atoms with van der Waals surface area (Å²) < 4.78 is 1.39. The molecule has 2 aromatic rings. The maximum atomic E-state index is 12.7. The highest BCUT2D eigenvalue weighted by atomic mass is 16.2. The van der Waals surface area contributed by atoms with Gasteiger partial charge < -0.3 is 20.1 Å². The summed E-state index contributed by atoms with van der Waals surface area (Å²) >= 11 is 0. The monoisotopic (exact) mass is 438 g/mol. The summed E-state index contributed by atoms with van der Waals surface area (Å²) in [6.07, 6.45) is 3.00. The van der Waals surface area contributed by atoms with Crippen molar-refractivity contribution in [3.8, 4) is 0 Å². The number of pyridine rings is 1. The van der Waals surface area contributed by atoms with Crippen LogP contribution in [0.5, 0.6) is 0 Å². The zero-order valence-electron chi connectivity index (χ0n) is 18.8. The molecule has 1 aromatic carbocycles. The van der Waals surface area contributed by atoms with Crippen molar-refractivity contribution in [3.05, 3.63) is 64.1 Å². The van der Waals surface area contributed by atoms with Crippen LogP contribution >= 0.6 is 0 Å². The number of hydrogen-bond acceptors (Lipinski definition) is 4. The van der Waals surface area contributed by atoms with Crippen molar-refractivity contribution in [1.82, 2.24) is 14.8 Å². The Morgan fingerprint density at radius 1 is 1.03 bits per heavy atom. The van der Waals surface area contributed by atoms with E-state index in [4.69, 9.17) is 0 Å². The van der Waals surface area contributed by atoms with Crippen LogP contribution in [0.25, 0.3) is 0 Å². The molecular weight excluding hydrogens is 408 g/mol. The first-order valence-corrected chi connectivity index (χ1v) is 10.9. The molecule has 32 heavy (non-hydrogen) atoms. The van der Waals surface area contributed by atoms with Crippen LogP contribution in [0.2, 0.25) is 0 Å². The van der Waals surface area contributed by atoms with Gasteiger partial charge in [0.2, 0.25) is 0 Å². The summed E-state index contributed by atoms with van der Waals surface area (Å²) in [5.74, 6) is -1.09. The highest BCUT2D eigenvalue weighted by Gasteiger charge is 2.26. The van der Waals surface area contributed by atoms with E-state index < -0.39 is 11.8 Å². The quantitative estimate of drug-likeness (QED) is 0.699. The number of carbonyl (C=O) groups excluding carboxylic acids is 3. The average molecular weight is 439 g/mol. The Hall–Kier alpha value is -3.42. The normalized spacial score (nSPS) is 14.3. The summed E-state index contributed by atoms with van der Waals surface area (Å²) in [5.41, 5.74) is 1.59. The molecule has 8 nitrogen and oxygen atoms in total. The molecule has 1 aliphatic heterocycles. The lowest BCUT2D eigenvalue weighted by Crippen LogP contribution is -2.44. The number of aromatic nitrogens is 1. The number of carbonyl (C=O) groups is 3. The molecule has 1 aliphatic rings. The Bertz CT molecular complexity index is 1030. The Balaban J connectivity index is 1.44. The third-order valence-corrected chi connectivity index (χ3v) is 5.85. The molecule has 3 rings (SSSR count). The summed E-state index contributed by atoms with van der Waals surface area (Å²) in [6.45, 7) is 5.56. The number of likely N-dealkylation sites (tertiary alicyclic amines) is 1. The minimum Gasteiger partial charge on any atom is -0.348 e. The molecule has 8 heteroatoms. The van der Waals surface area contributed by atoms with Crippen LogP contribution in [0, 0.1) is 5.92 Å². The van der Waals surface area contributed by atoms with Crippen LogP contribution in [0.15, 0.2) is 47.4 Å². The van der Waals surface area contributed by atoms with Crippen molar-refractivity contribution in [3.63, 3.8) is 0 Å². The van der Waals surface area contributed by atoms with Gasteiger partial charge in [-0.15, -0.1) is 0 Å². The fourth-order valence-corrected chi connectivity index (χ4v) is 3.73. The Morgan fingerprint density at radius 3 is 2.31 bits per heavy atom. The van der Waals surface area contributed by atoms with Gasteiger partial charge in [-0.05, 0) is 54.5 Å². The number of amides is 3. The number of anilines is 1.